The number of H-pyrrole nitrogens is 1. The minimum Gasteiger partial charge on any atom is -0.465 e. The molecule has 1 aromatic carbocycles. The lowest BCUT2D eigenvalue weighted by Crippen LogP contribution is -2.15. The molecule has 0 spiro atoms. The molecule has 1 heterocycles. The number of aromatic nitrogens is 2. The van der Waals surface area contributed by atoms with Crippen LogP contribution in [-0.2, 0) is 9.53 Å². The molecule has 21 heavy (non-hydrogen) atoms. The Labute approximate surface area is 126 Å². The molecule has 0 radical (unpaired) electrons. The Hall–Kier alpha value is -2.08. The van der Waals surface area contributed by atoms with E-state index in [1.807, 2.05) is 30.3 Å². The van der Waals surface area contributed by atoms with Gasteiger partial charge in [0.1, 0.15) is 5.25 Å². The molecule has 0 amide bonds. The maximum atomic E-state index is 12.2. The third-order valence-corrected chi connectivity index (χ3v) is 3.80. The van der Waals surface area contributed by atoms with Gasteiger partial charge in [0.15, 0.2) is 5.16 Å². The number of benzene rings is 1. The normalized spacial score (nSPS) is 11.9. The van der Waals surface area contributed by atoms with Gasteiger partial charge >= 0.3 is 5.97 Å². The van der Waals surface area contributed by atoms with Gasteiger partial charge in [-0.1, -0.05) is 42.1 Å². The lowest BCUT2D eigenvalue weighted by Gasteiger charge is -2.15. The van der Waals surface area contributed by atoms with Crippen molar-refractivity contribution in [3.8, 4) is 0 Å². The smallest absolute Gasteiger partial charge is 0.324 e. The van der Waals surface area contributed by atoms with E-state index in [0.717, 1.165) is 5.56 Å². The topological polar surface area (TPSA) is 72.0 Å². The SMILES string of the molecule is CCOC(=O)[C@H](Sc1nc(C)cc(=O)[nH]1)c1ccccc1. The minimum atomic E-state index is -0.559. The van der Waals surface area contributed by atoms with E-state index in [0.29, 0.717) is 17.5 Å². The Morgan fingerprint density at radius 1 is 1.38 bits per heavy atom. The van der Waals surface area contributed by atoms with E-state index in [1.165, 1.54) is 17.8 Å². The number of thioether (sulfide) groups is 1. The van der Waals surface area contributed by atoms with Gasteiger partial charge in [0.25, 0.3) is 5.56 Å². The maximum absolute atomic E-state index is 12.2. The largest absolute Gasteiger partial charge is 0.465 e. The van der Waals surface area contributed by atoms with E-state index < -0.39 is 5.25 Å². The highest BCUT2D eigenvalue weighted by molar-refractivity contribution is 8.00. The fraction of sp³-hybridized carbons (Fsp3) is 0.267. The number of aryl methyl sites for hydroxylation is 1. The van der Waals surface area contributed by atoms with Crippen LogP contribution in [0.1, 0.15) is 23.4 Å². The van der Waals surface area contributed by atoms with Crippen LogP contribution in [0.15, 0.2) is 46.3 Å². The van der Waals surface area contributed by atoms with Gasteiger partial charge in [0, 0.05) is 11.8 Å². The van der Waals surface area contributed by atoms with Gasteiger partial charge in [-0.15, -0.1) is 0 Å². The molecule has 1 atom stereocenters. The predicted octanol–water partition coefficient (Wildman–Crippen LogP) is 2.47. The van der Waals surface area contributed by atoms with Gasteiger partial charge in [0.05, 0.1) is 6.61 Å². The van der Waals surface area contributed by atoms with Crippen molar-refractivity contribution in [3.05, 3.63) is 58.0 Å². The fourth-order valence-electron chi connectivity index (χ4n) is 1.82. The van der Waals surface area contributed by atoms with E-state index >= 15 is 0 Å². The molecular formula is C15H16N2O3S. The van der Waals surface area contributed by atoms with Crippen molar-refractivity contribution in [1.82, 2.24) is 9.97 Å². The lowest BCUT2D eigenvalue weighted by molar-refractivity contribution is -0.142. The monoisotopic (exact) mass is 304 g/mol. The summed E-state index contributed by atoms with van der Waals surface area (Å²) in [6, 6.07) is 10.7. The number of rotatable bonds is 5. The first-order valence-corrected chi connectivity index (χ1v) is 7.44. The molecule has 1 N–H and O–H groups in total. The molecule has 6 heteroatoms. The first kappa shape index (κ1) is 15.3. The third-order valence-electron chi connectivity index (χ3n) is 2.68. The Morgan fingerprint density at radius 3 is 2.71 bits per heavy atom. The van der Waals surface area contributed by atoms with Gasteiger partial charge in [-0.25, -0.2) is 4.98 Å². The van der Waals surface area contributed by atoms with E-state index in [-0.39, 0.29) is 11.5 Å². The van der Waals surface area contributed by atoms with Crippen molar-refractivity contribution in [3.63, 3.8) is 0 Å². The van der Waals surface area contributed by atoms with Crippen molar-refractivity contribution >= 4 is 17.7 Å². The standard InChI is InChI=1S/C15H16N2O3S/c1-3-20-14(19)13(11-7-5-4-6-8-11)21-15-16-10(2)9-12(18)17-15/h4-9,13H,3H2,1-2H3,(H,16,17,18)/t13-/m1/s1. The van der Waals surface area contributed by atoms with Crippen LogP contribution in [0.3, 0.4) is 0 Å². The van der Waals surface area contributed by atoms with Crippen LogP contribution < -0.4 is 5.56 Å². The zero-order chi connectivity index (χ0) is 15.2. The Kier molecular flexibility index (Phi) is 5.16. The van der Waals surface area contributed by atoms with Gasteiger partial charge in [-0.2, -0.15) is 0 Å². The second kappa shape index (κ2) is 7.08. The summed E-state index contributed by atoms with van der Waals surface area (Å²) in [6.07, 6.45) is 0. The summed E-state index contributed by atoms with van der Waals surface area (Å²) >= 11 is 1.18. The molecule has 0 aliphatic heterocycles. The van der Waals surface area contributed by atoms with Crippen LogP contribution in [0.25, 0.3) is 0 Å². The maximum Gasteiger partial charge on any atom is 0.324 e. The van der Waals surface area contributed by atoms with Crippen LogP contribution >= 0.6 is 11.8 Å². The first-order valence-electron chi connectivity index (χ1n) is 6.56. The molecule has 0 unspecified atom stereocenters. The summed E-state index contributed by atoms with van der Waals surface area (Å²) in [5, 5.41) is -0.155. The zero-order valence-corrected chi connectivity index (χ0v) is 12.6. The highest BCUT2D eigenvalue weighted by Crippen LogP contribution is 2.33. The van der Waals surface area contributed by atoms with Crippen LogP contribution in [0.5, 0.6) is 0 Å². The van der Waals surface area contributed by atoms with E-state index in [1.54, 1.807) is 13.8 Å². The molecule has 0 fully saturated rings. The fourth-order valence-corrected chi connectivity index (χ4v) is 2.85. The van der Waals surface area contributed by atoms with Crippen molar-refractivity contribution in [2.45, 2.75) is 24.3 Å². The van der Waals surface area contributed by atoms with Crippen molar-refractivity contribution in [2.24, 2.45) is 0 Å². The average Bonchev–Trinajstić information content (AvgIpc) is 2.45. The van der Waals surface area contributed by atoms with E-state index in [4.69, 9.17) is 4.74 Å². The first-order chi connectivity index (χ1) is 10.1. The summed E-state index contributed by atoms with van der Waals surface area (Å²) < 4.78 is 5.11. The summed E-state index contributed by atoms with van der Waals surface area (Å²) in [7, 11) is 0. The minimum absolute atomic E-state index is 0.235. The number of hydrogen-bond acceptors (Lipinski definition) is 5. The van der Waals surface area contributed by atoms with Gasteiger partial charge < -0.3 is 9.72 Å². The summed E-state index contributed by atoms with van der Waals surface area (Å²) in [6.45, 7) is 3.80. The molecule has 2 rings (SSSR count). The molecule has 2 aromatic rings. The highest BCUT2D eigenvalue weighted by atomic mass is 32.2. The molecule has 110 valence electrons. The van der Waals surface area contributed by atoms with E-state index in [2.05, 4.69) is 9.97 Å². The van der Waals surface area contributed by atoms with Gasteiger partial charge in [-0.05, 0) is 19.4 Å². The second-order valence-corrected chi connectivity index (χ2v) is 5.45. The molecule has 0 aliphatic rings. The van der Waals surface area contributed by atoms with E-state index in [9.17, 15) is 9.59 Å². The highest BCUT2D eigenvalue weighted by Gasteiger charge is 2.24. The van der Waals surface area contributed by atoms with Crippen LogP contribution in [0.4, 0.5) is 0 Å². The molecule has 0 bridgehead atoms. The van der Waals surface area contributed by atoms with Crippen LogP contribution in [0, 0.1) is 6.92 Å². The van der Waals surface area contributed by atoms with Crippen molar-refractivity contribution in [2.75, 3.05) is 6.61 Å². The quantitative estimate of drug-likeness (QED) is 0.522. The average molecular weight is 304 g/mol. The molecular weight excluding hydrogens is 288 g/mol. The Bertz CT molecular complexity index is 670. The van der Waals surface area contributed by atoms with Crippen LogP contribution in [-0.4, -0.2) is 22.5 Å². The number of aromatic amines is 1. The molecule has 1 aromatic heterocycles. The number of carbonyl (C=O) groups is 1. The molecule has 0 aliphatic carbocycles. The second-order valence-electron chi connectivity index (χ2n) is 4.35. The summed E-state index contributed by atoms with van der Waals surface area (Å²) in [4.78, 5) is 30.5. The lowest BCUT2D eigenvalue weighted by atomic mass is 10.1. The predicted molar refractivity (Wildman–Crippen MR) is 81.3 cm³/mol. The van der Waals surface area contributed by atoms with Gasteiger partial charge in [0.2, 0.25) is 0 Å². The number of hydrogen-bond donors (Lipinski definition) is 1. The molecule has 5 nitrogen and oxygen atoms in total. The third kappa shape index (κ3) is 4.19. The zero-order valence-electron chi connectivity index (χ0n) is 11.8. The van der Waals surface area contributed by atoms with Crippen molar-refractivity contribution < 1.29 is 9.53 Å². The number of nitrogens with zero attached hydrogens (tertiary/aromatic N) is 1. The Morgan fingerprint density at radius 2 is 2.10 bits per heavy atom. The van der Waals surface area contributed by atoms with Gasteiger partial charge in [-0.3, -0.25) is 9.59 Å². The summed E-state index contributed by atoms with van der Waals surface area (Å²) in [5.41, 5.74) is 1.18. The molecule has 0 saturated heterocycles. The molecule has 0 saturated carbocycles. The van der Waals surface area contributed by atoms with Crippen LogP contribution in [0.2, 0.25) is 0 Å². The van der Waals surface area contributed by atoms with Crippen molar-refractivity contribution in [1.29, 1.82) is 0 Å². The number of nitrogens with one attached hydrogen (secondary N) is 1. The number of carbonyl (C=O) groups excluding carboxylic acids is 1. The number of ether oxygens (including phenoxy) is 1. The summed E-state index contributed by atoms with van der Waals surface area (Å²) in [5.74, 6) is -0.349. The Balaban J connectivity index is 2.32. The number of esters is 1.